The van der Waals surface area contributed by atoms with Crippen molar-refractivity contribution in [2.45, 2.75) is 6.92 Å². The van der Waals surface area contributed by atoms with Gasteiger partial charge in [-0.2, -0.15) is 0 Å². The topological polar surface area (TPSA) is 125 Å². The van der Waals surface area contributed by atoms with E-state index in [9.17, 15) is 19.2 Å². The molecule has 8 nitrogen and oxygen atoms in total. The molecule has 3 amide bonds. The maximum atomic E-state index is 12.3. The number of anilines is 1. The standard InChI is InChI=1S/C23H19N3O5/c1-14-6-8-15(9-7-14)20(27)24-17-12-10-16(11-13-17)21(28)25-26-22(29)18-4-2-3-5-19(18)23(30)31/h2-13H,1H3,(H,24,27)(H,25,28)(H,26,29)(H,30,31). The molecule has 0 saturated carbocycles. The van der Waals surface area contributed by atoms with E-state index in [4.69, 9.17) is 5.11 Å². The molecule has 0 saturated heterocycles. The summed E-state index contributed by atoms with van der Waals surface area (Å²) in [4.78, 5) is 47.9. The van der Waals surface area contributed by atoms with E-state index in [-0.39, 0.29) is 22.6 Å². The Bertz CT molecular complexity index is 1140. The molecule has 3 aromatic carbocycles. The van der Waals surface area contributed by atoms with Gasteiger partial charge in [0, 0.05) is 16.8 Å². The van der Waals surface area contributed by atoms with E-state index in [1.807, 2.05) is 19.1 Å². The minimum atomic E-state index is -1.25. The average molecular weight is 417 g/mol. The fraction of sp³-hybridized carbons (Fsp3) is 0.0435. The van der Waals surface area contributed by atoms with Crippen LogP contribution in [0.5, 0.6) is 0 Å². The van der Waals surface area contributed by atoms with Gasteiger partial charge < -0.3 is 10.4 Å². The predicted octanol–water partition coefficient (Wildman–Crippen LogP) is 3.02. The van der Waals surface area contributed by atoms with Crippen LogP contribution in [0.2, 0.25) is 0 Å². The number of hydrogen-bond acceptors (Lipinski definition) is 4. The Balaban J connectivity index is 1.59. The molecule has 0 aliphatic heterocycles. The largest absolute Gasteiger partial charge is 0.478 e. The van der Waals surface area contributed by atoms with E-state index >= 15 is 0 Å². The van der Waals surface area contributed by atoms with Gasteiger partial charge in [0.2, 0.25) is 0 Å². The highest BCUT2D eigenvalue weighted by atomic mass is 16.4. The van der Waals surface area contributed by atoms with Crippen molar-refractivity contribution in [3.8, 4) is 0 Å². The van der Waals surface area contributed by atoms with E-state index in [2.05, 4.69) is 16.2 Å². The number of carboxylic acid groups (broad SMARTS) is 1. The Morgan fingerprint density at radius 2 is 1.16 bits per heavy atom. The first-order valence-electron chi connectivity index (χ1n) is 9.26. The van der Waals surface area contributed by atoms with Crippen LogP contribution in [-0.2, 0) is 0 Å². The van der Waals surface area contributed by atoms with Crippen LogP contribution in [0.15, 0.2) is 72.8 Å². The monoisotopic (exact) mass is 417 g/mol. The third kappa shape index (κ3) is 5.33. The molecule has 156 valence electrons. The molecule has 0 aliphatic carbocycles. The number of amides is 3. The second-order valence-corrected chi connectivity index (χ2v) is 6.66. The highest BCUT2D eigenvalue weighted by Gasteiger charge is 2.16. The highest BCUT2D eigenvalue weighted by molar-refractivity contribution is 6.06. The lowest BCUT2D eigenvalue weighted by molar-refractivity contribution is 0.0690. The number of carboxylic acids is 1. The minimum Gasteiger partial charge on any atom is -0.478 e. The minimum absolute atomic E-state index is 0.0792. The summed E-state index contributed by atoms with van der Waals surface area (Å²) in [5.74, 6) is -2.88. The first-order chi connectivity index (χ1) is 14.8. The second-order valence-electron chi connectivity index (χ2n) is 6.66. The van der Waals surface area contributed by atoms with Gasteiger partial charge in [-0.05, 0) is 55.5 Å². The van der Waals surface area contributed by atoms with Crippen LogP contribution in [0.4, 0.5) is 5.69 Å². The van der Waals surface area contributed by atoms with Crippen LogP contribution in [0.3, 0.4) is 0 Å². The van der Waals surface area contributed by atoms with Crippen LogP contribution >= 0.6 is 0 Å². The van der Waals surface area contributed by atoms with Gasteiger partial charge in [-0.25, -0.2) is 4.79 Å². The van der Waals surface area contributed by atoms with Crippen molar-refractivity contribution in [2.24, 2.45) is 0 Å². The molecule has 0 aliphatic rings. The van der Waals surface area contributed by atoms with Crippen LogP contribution in [0.25, 0.3) is 0 Å². The summed E-state index contributed by atoms with van der Waals surface area (Å²) in [6, 6.07) is 18.9. The Morgan fingerprint density at radius 3 is 1.77 bits per heavy atom. The van der Waals surface area contributed by atoms with Crippen LogP contribution in [0, 0.1) is 6.92 Å². The molecule has 0 heterocycles. The average Bonchev–Trinajstić information content (AvgIpc) is 2.78. The predicted molar refractivity (Wildman–Crippen MR) is 114 cm³/mol. The summed E-state index contributed by atoms with van der Waals surface area (Å²) >= 11 is 0. The number of nitrogens with one attached hydrogen (secondary N) is 3. The van der Waals surface area contributed by atoms with Gasteiger partial charge in [0.15, 0.2) is 0 Å². The fourth-order valence-corrected chi connectivity index (χ4v) is 2.73. The zero-order valence-corrected chi connectivity index (χ0v) is 16.5. The molecule has 3 rings (SSSR count). The van der Waals surface area contributed by atoms with Crippen molar-refractivity contribution in [3.05, 3.63) is 101 Å². The van der Waals surface area contributed by atoms with Gasteiger partial charge in [-0.1, -0.05) is 29.8 Å². The molecule has 4 N–H and O–H groups in total. The lowest BCUT2D eigenvalue weighted by Gasteiger charge is -2.10. The Morgan fingerprint density at radius 1 is 0.645 bits per heavy atom. The third-order valence-electron chi connectivity index (χ3n) is 4.41. The van der Waals surface area contributed by atoms with Gasteiger partial charge in [-0.3, -0.25) is 25.2 Å². The van der Waals surface area contributed by atoms with Crippen molar-refractivity contribution < 1.29 is 24.3 Å². The van der Waals surface area contributed by atoms with Crippen molar-refractivity contribution >= 4 is 29.4 Å². The third-order valence-corrected chi connectivity index (χ3v) is 4.41. The van der Waals surface area contributed by atoms with E-state index in [0.29, 0.717) is 11.3 Å². The number of aromatic carboxylic acids is 1. The fourth-order valence-electron chi connectivity index (χ4n) is 2.73. The van der Waals surface area contributed by atoms with Gasteiger partial charge >= 0.3 is 5.97 Å². The van der Waals surface area contributed by atoms with Gasteiger partial charge in [0.05, 0.1) is 11.1 Å². The van der Waals surface area contributed by atoms with Gasteiger partial charge in [0.1, 0.15) is 0 Å². The van der Waals surface area contributed by atoms with E-state index in [1.165, 1.54) is 36.4 Å². The number of hydrogen-bond donors (Lipinski definition) is 4. The van der Waals surface area contributed by atoms with E-state index < -0.39 is 17.8 Å². The van der Waals surface area contributed by atoms with Crippen molar-refractivity contribution in [3.63, 3.8) is 0 Å². The van der Waals surface area contributed by atoms with E-state index in [0.717, 1.165) is 5.56 Å². The lowest BCUT2D eigenvalue weighted by atomic mass is 10.1. The normalized spacial score (nSPS) is 10.1. The molecule has 0 fully saturated rings. The summed E-state index contributed by atoms with van der Waals surface area (Å²) in [6.45, 7) is 1.93. The molecule has 0 aromatic heterocycles. The lowest BCUT2D eigenvalue weighted by Crippen LogP contribution is -2.42. The molecule has 31 heavy (non-hydrogen) atoms. The number of carbonyl (C=O) groups is 4. The summed E-state index contributed by atoms with van der Waals surface area (Å²) in [5, 5.41) is 11.9. The number of benzene rings is 3. The zero-order chi connectivity index (χ0) is 22.4. The maximum absolute atomic E-state index is 12.3. The molecule has 0 unspecified atom stereocenters. The van der Waals surface area contributed by atoms with Crippen LogP contribution < -0.4 is 16.2 Å². The molecule has 8 heteroatoms. The molecule has 0 bridgehead atoms. The second kappa shape index (κ2) is 9.36. The first-order valence-corrected chi connectivity index (χ1v) is 9.26. The highest BCUT2D eigenvalue weighted by Crippen LogP contribution is 2.12. The SMILES string of the molecule is Cc1ccc(C(=O)Nc2ccc(C(=O)NNC(=O)c3ccccc3C(=O)O)cc2)cc1. The molecule has 0 atom stereocenters. The first kappa shape index (κ1) is 21.3. The molecule has 0 spiro atoms. The van der Waals surface area contributed by atoms with Crippen LogP contribution in [-0.4, -0.2) is 28.8 Å². The summed E-state index contributed by atoms with van der Waals surface area (Å²) < 4.78 is 0. The Kier molecular flexibility index (Phi) is 6.42. The van der Waals surface area contributed by atoms with Crippen LogP contribution in [0.1, 0.15) is 47.0 Å². The quantitative estimate of drug-likeness (QED) is 0.475. The summed E-state index contributed by atoms with van der Waals surface area (Å²) in [6.07, 6.45) is 0. The van der Waals surface area contributed by atoms with Crippen molar-refractivity contribution in [1.29, 1.82) is 0 Å². The van der Waals surface area contributed by atoms with Crippen molar-refractivity contribution in [1.82, 2.24) is 10.9 Å². The maximum Gasteiger partial charge on any atom is 0.336 e. The molecule has 0 radical (unpaired) electrons. The van der Waals surface area contributed by atoms with Gasteiger partial charge in [0.25, 0.3) is 17.7 Å². The summed E-state index contributed by atoms with van der Waals surface area (Å²) in [5.41, 5.74) is 6.47. The number of carbonyl (C=O) groups excluding carboxylic acids is 3. The Hall–Kier alpha value is -4.46. The number of aryl methyl sites for hydroxylation is 1. The number of hydrazine groups is 1. The molecule has 3 aromatic rings. The number of rotatable bonds is 5. The Labute approximate surface area is 177 Å². The molecular weight excluding hydrogens is 398 g/mol. The smallest absolute Gasteiger partial charge is 0.336 e. The zero-order valence-electron chi connectivity index (χ0n) is 16.5. The van der Waals surface area contributed by atoms with Crippen molar-refractivity contribution in [2.75, 3.05) is 5.32 Å². The molecular formula is C23H19N3O5. The van der Waals surface area contributed by atoms with Gasteiger partial charge in [-0.15, -0.1) is 0 Å². The summed E-state index contributed by atoms with van der Waals surface area (Å²) in [7, 11) is 0. The van der Waals surface area contributed by atoms with E-state index in [1.54, 1.807) is 24.3 Å².